The number of carbonyl (C=O) groups is 1. The lowest BCUT2D eigenvalue weighted by atomic mass is 10.00. The molecule has 0 aliphatic carbocycles. The summed E-state index contributed by atoms with van der Waals surface area (Å²) in [6.45, 7) is 7.81. The molecule has 0 radical (unpaired) electrons. The maximum absolute atomic E-state index is 12.7. The zero-order valence-corrected chi connectivity index (χ0v) is 13.7. The highest BCUT2D eigenvalue weighted by atomic mass is 16.2. The minimum absolute atomic E-state index is 0.130. The van der Waals surface area contributed by atoms with Gasteiger partial charge >= 0.3 is 0 Å². The van der Waals surface area contributed by atoms with Crippen molar-refractivity contribution in [3.8, 4) is 0 Å². The molecule has 0 bridgehead atoms. The summed E-state index contributed by atoms with van der Waals surface area (Å²) in [5.41, 5.74) is 11.9. The largest absolute Gasteiger partial charge is 0.358 e. The van der Waals surface area contributed by atoms with E-state index in [0.29, 0.717) is 13.0 Å². The average Bonchev–Trinajstić information content (AvgIpc) is 2.81. The summed E-state index contributed by atoms with van der Waals surface area (Å²) >= 11 is 0. The molecule has 1 amide bonds. The number of aromatic nitrogens is 1. The topological polar surface area (TPSA) is 62.1 Å². The number of hydrogen-bond donors (Lipinski definition) is 2. The Labute approximate surface area is 131 Å². The Balaban J connectivity index is 1.92. The lowest BCUT2D eigenvalue weighted by Gasteiger charge is -2.31. The van der Waals surface area contributed by atoms with Crippen LogP contribution in [-0.2, 0) is 11.2 Å². The molecule has 2 heterocycles. The predicted octanol–water partition coefficient (Wildman–Crippen LogP) is 2.59. The number of likely N-dealkylation sites (tertiary alicyclic amines) is 1. The van der Waals surface area contributed by atoms with Crippen molar-refractivity contribution in [1.29, 1.82) is 0 Å². The molecule has 3 N–H and O–H groups in total. The summed E-state index contributed by atoms with van der Waals surface area (Å²) in [4.78, 5) is 18.0. The van der Waals surface area contributed by atoms with E-state index >= 15 is 0 Å². The van der Waals surface area contributed by atoms with Crippen molar-refractivity contribution in [1.82, 2.24) is 9.88 Å². The zero-order valence-electron chi connectivity index (χ0n) is 13.7. The average molecular weight is 299 g/mol. The van der Waals surface area contributed by atoms with E-state index in [1.807, 2.05) is 4.90 Å². The van der Waals surface area contributed by atoms with Crippen LogP contribution in [0.3, 0.4) is 0 Å². The number of carbonyl (C=O) groups excluding carboxylic acids is 1. The molecule has 2 aromatic rings. The molecule has 22 heavy (non-hydrogen) atoms. The number of hydrogen-bond acceptors (Lipinski definition) is 2. The van der Waals surface area contributed by atoms with Gasteiger partial charge < -0.3 is 15.6 Å². The van der Waals surface area contributed by atoms with Crippen LogP contribution < -0.4 is 5.73 Å². The van der Waals surface area contributed by atoms with E-state index in [1.54, 1.807) is 0 Å². The van der Waals surface area contributed by atoms with Crippen LogP contribution in [0.25, 0.3) is 10.9 Å². The van der Waals surface area contributed by atoms with Crippen molar-refractivity contribution in [2.24, 2.45) is 5.73 Å². The first-order chi connectivity index (χ1) is 10.5. The lowest BCUT2D eigenvalue weighted by molar-refractivity contribution is -0.131. The molecule has 0 saturated carbocycles. The minimum Gasteiger partial charge on any atom is -0.358 e. The fourth-order valence-electron chi connectivity index (χ4n) is 3.53. The van der Waals surface area contributed by atoms with E-state index in [2.05, 4.69) is 37.9 Å². The van der Waals surface area contributed by atoms with Crippen LogP contribution in [0.4, 0.5) is 0 Å². The number of fused-ring (bicyclic) bond motifs is 1. The molecule has 1 aromatic heterocycles. The summed E-state index contributed by atoms with van der Waals surface area (Å²) in [5, 5.41) is 1.21. The number of H-pyrrole nitrogens is 1. The van der Waals surface area contributed by atoms with Gasteiger partial charge in [0.2, 0.25) is 5.91 Å². The first-order valence-corrected chi connectivity index (χ1v) is 8.08. The summed E-state index contributed by atoms with van der Waals surface area (Å²) in [7, 11) is 0. The number of piperidine rings is 1. The third kappa shape index (κ3) is 2.63. The smallest absolute Gasteiger partial charge is 0.227 e. The summed E-state index contributed by atoms with van der Waals surface area (Å²) in [6.07, 6.45) is 2.49. The van der Waals surface area contributed by atoms with Gasteiger partial charge in [0.15, 0.2) is 0 Å². The Morgan fingerprint density at radius 2 is 2.05 bits per heavy atom. The first-order valence-electron chi connectivity index (χ1n) is 8.08. The van der Waals surface area contributed by atoms with Gasteiger partial charge in [-0.25, -0.2) is 0 Å². The van der Waals surface area contributed by atoms with Gasteiger partial charge in [-0.2, -0.15) is 0 Å². The third-order valence-corrected chi connectivity index (χ3v) is 4.83. The molecule has 1 saturated heterocycles. The maximum atomic E-state index is 12.7. The zero-order chi connectivity index (χ0) is 15.9. The Morgan fingerprint density at radius 1 is 1.32 bits per heavy atom. The summed E-state index contributed by atoms with van der Waals surface area (Å²) < 4.78 is 0. The fraction of sp³-hybridized carbons (Fsp3) is 0.500. The van der Waals surface area contributed by atoms with Gasteiger partial charge in [-0.05, 0) is 50.3 Å². The normalized spacial score (nSPS) is 18.9. The number of aromatic amines is 1. The number of nitrogens with zero attached hydrogens (tertiary/aromatic N) is 1. The highest BCUT2D eigenvalue weighted by Crippen LogP contribution is 2.29. The van der Waals surface area contributed by atoms with Crippen molar-refractivity contribution in [3.05, 3.63) is 34.5 Å². The second-order valence-electron chi connectivity index (χ2n) is 6.60. The van der Waals surface area contributed by atoms with Crippen molar-refractivity contribution >= 4 is 16.8 Å². The Kier molecular flexibility index (Phi) is 3.96. The Bertz CT molecular complexity index is 717. The van der Waals surface area contributed by atoms with Crippen molar-refractivity contribution in [3.63, 3.8) is 0 Å². The maximum Gasteiger partial charge on any atom is 0.227 e. The van der Waals surface area contributed by atoms with Gasteiger partial charge in [0.05, 0.1) is 6.42 Å². The molecule has 0 spiro atoms. The lowest BCUT2D eigenvalue weighted by Crippen LogP contribution is -2.46. The SMILES string of the molecule is Cc1[nH]c2c(C)ccc(C)c2c1CC(=O)N1CCC[C@H](N)C1. The second-order valence-corrected chi connectivity index (χ2v) is 6.60. The molecule has 1 aliphatic rings. The van der Waals surface area contributed by atoms with Gasteiger partial charge in [-0.3, -0.25) is 4.79 Å². The van der Waals surface area contributed by atoms with Gasteiger partial charge in [0.1, 0.15) is 0 Å². The van der Waals surface area contributed by atoms with Gasteiger partial charge in [0.25, 0.3) is 0 Å². The predicted molar refractivity (Wildman–Crippen MR) is 90.0 cm³/mol. The van der Waals surface area contributed by atoms with Crippen molar-refractivity contribution in [2.75, 3.05) is 13.1 Å². The van der Waals surface area contributed by atoms with Gasteiger partial charge in [-0.1, -0.05) is 12.1 Å². The van der Waals surface area contributed by atoms with Crippen LogP contribution in [0.1, 0.15) is 35.2 Å². The molecule has 4 nitrogen and oxygen atoms in total. The molecule has 4 heteroatoms. The van der Waals surface area contributed by atoms with E-state index in [4.69, 9.17) is 5.73 Å². The van der Waals surface area contributed by atoms with Crippen LogP contribution in [0, 0.1) is 20.8 Å². The number of aryl methyl sites for hydroxylation is 3. The summed E-state index contributed by atoms with van der Waals surface area (Å²) in [6, 6.07) is 4.39. The highest BCUT2D eigenvalue weighted by Gasteiger charge is 2.23. The van der Waals surface area contributed by atoms with Crippen molar-refractivity contribution < 1.29 is 4.79 Å². The monoisotopic (exact) mass is 299 g/mol. The standard InChI is InChI=1S/C18H25N3O/c1-11-6-7-12(2)18-17(11)15(13(3)20-18)9-16(22)21-8-4-5-14(19)10-21/h6-7,14,20H,4-5,8-10,19H2,1-3H3/t14-/m0/s1. The molecule has 1 fully saturated rings. The molecule has 0 unspecified atom stereocenters. The Hall–Kier alpha value is -1.81. The molecule has 1 aliphatic heterocycles. The van der Waals surface area contributed by atoms with E-state index in [9.17, 15) is 4.79 Å². The quantitative estimate of drug-likeness (QED) is 0.895. The molecule has 1 atom stereocenters. The van der Waals surface area contributed by atoms with Crippen LogP contribution in [-0.4, -0.2) is 34.9 Å². The number of benzene rings is 1. The minimum atomic E-state index is 0.130. The number of rotatable bonds is 2. The summed E-state index contributed by atoms with van der Waals surface area (Å²) in [5.74, 6) is 0.194. The number of nitrogens with one attached hydrogen (secondary N) is 1. The van der Waals surface area contributed by atoms with Gasteiger partial charge in [0, 0.05) is 35.7 Å². The van der Waals surface area contributed by atoms with Gasteiger partial charge in [-0.15, -0.1) is 0 Å². The van der Waals surface area contributed by atoms with Crippen LogP contribution >= 0.6 is 0 Å². The number of nitrogens with two attached hydrogens (primary N) is 1. The highest BCUT2D eigenvalue weighted by molar-refractivity contribution is 5.93. The van der Waals surface area contributed by atoms with Crippen molar-refractivity contribution in [2.45, 2.75) is 46.1 Å². The third-order valence-electron chi connectivity index (χ3n) is 4.83. The molecular weight excluding hydrogens is 274 g/mol. The molecular formula is C18H25N3O. The van der Waals surface area contributed by atoms with E-state index < -0.39 is 0 Å². The molecule has 3 rings (SSSR count). The van der Waals surface area contributed by atoms with Crippen LogP contribution in [0.2, 0.25) is 0 Å². The fourth-order valence-corrected chi connectivity index (χ4v) is 3.53. The Morgan fingerprint density at radius 3 is 2.77 bits per heavy atom. The van der Waals surface area contributed by atoms with Crippen LogP contribution in [0.15, 0.2) is 12.1 Å². The first kappa shape index (κ1) is 15.1. The van der Waals surface area contributed by atoms with Crippen LogP contribution in [0.5, 0.6) is 0 Å². The van der Waals surface area contributed by atoms with E-state index in [1.165, 1.54) is 16.5 Å². The second kappa shape index (κ2) is 5.76. The van der Waals surface area contributed by atoms with E-state index in [0.717, 1.165) is 36.2 Å². The molecule has 118 valence electrons. The molecule has 1 aromatic carbocycles. The van der Waals surface area contributed by atoms with E-state index in [-0.39, 0.29) is 11.9 Å². The number of amides is 1.